The SMILES string of the molecule is C1CCCC(=C(C2CCCCCCC2)C2CCCCCCC2)CCC1. The maximum Gasteiger partial charge on any atom is -0.0198 e. The standard InChI is InChI=1S/C25H44/c1-4-10-16-22(17-11-5-1)25(23-18-12-6-2-7-13-19-23)24-20-14-8-3-9-15-21-24/h22-23H,1-21H2. The Morgan fingerprint density at radius 3 is 1.12 bits per heavy atom. The summed E-state index contributed by atoms with van der Waals surface area (Å²) in [5.74, 6) is 1.94. The van der Waals surface area contributed by atoms with Crippen LogP contribution in [0.1, 0.15) is 135 Å². The lowest BCUT2D eigenvalue weighted by Crippen LogP contribution is -2.19. The van der Waals surface area contributed by atoms with E-state index in [1.807, 2.05) is 5.57 Å². The Kier molecular flexibility index (Phi) is 8.93. The van der Waals surface area contributed by atoms with Crippen molar-refractivity contribution >= 4 is 0 Å². The van der Waals surface area contributed by atoms with Crippen molar-refractivity contribution in [3.05, 3.63) is 11.1 Å². The van der Waals surface area contributed by atoms with Gasteiger partial charge in [-0.3, -0.25) is 0 Å². The molecule has 3 saturated carbocycles. The summed E-state index contributed by atoms with van der Waals surface area (Å²) >= 11 is 0. The van der Waals surface area contributed by atoms with Crippen LogP contribution in [-0.2, 0) is 0 Å². The zero-order valence-corrected chi connectivity index (χ0v) is 17.0. The molecule has 0 aromatic carbocycles. The van der Waals surface area contributed by atoms with Crippen LogP contribution in [0.15, 0.2) is 11.1 Å². The first-order valence-electron chi connectivity index (χ1n) is 12.2. The molecule has 3 aliphatic rings. The van der Waals surface area contributed by atoms with E-state index in [-0.39, 0.29) is 0 Å². The largest absolute Gasteiger partial charge is 0.0704 e. The summed E-state index contributed by atoms with van der Waals surface area (Å²) in [4.78, 5) is 0. The number of rotatable bonds is 2. The van der Waals surface area contributed by atoms with Gasteiger partial charge in [0.25, 0.3) is 0 Å². The van der Waals surface area contributed by atoms with Gasteiger partial charge in [-0.1, -0.05) is 94.6 Å². The molecule has 0 spiro atoms. The normalized spacial score (nSPS) is 26.6. The molecule has 0 N–H and O–H groups in total. The van der Waals surface area contributed by atoms with Gasteiger partial charge in [0.05, 0.1) is 0 Å². The second-order valence-corrected chi connectivity index (χ2v) is 9.41. The fourth-order valence-electron chi connectivity index (χ4n) is 6.07. The van der Waals surface area contributed by atoms with Crippen molar-refractivity contribution in [3.8, 4) is 0 Å². The molecule has 0 aliphatic heterocycles. The molecule has 144 valence electrons. The third-order valence-electron chi connectivity index (χ3n) is 7.46. The van der Waals surface area contributed by atoms with Crippen molar-refractivity contribution in [1.29, 1.82) is 0 Å². The van der Waals surface area contributed by atoms with Crippen LogP contribution in [0.5, 0.6) is 0 Å². The highest BCUT2D eigenvalue weighted by Crippen LogP contribution is 2.42. The molecule has 3 fully saturated rings. The summed E-state index contributed by atoms with van der Waals surface area (Å²) in [6, 6.07) is 0. The van der Waals surface area contributed by atoms with Gasteiger partial charge in [-0.2, -0.15) is 0 Å². The predicted octanol–water partition coefficient (Wildman–Crippen LogP) is 8.75. The zero-order chi connectivity index (χ0) is 17.2. The molecule has 0 heterocycles. The molecule has 0 amide bonds. The van der Waals surface area contributed by atoms with Gasteiger partial charge in [-0.25, -0.2) is 0 Å². The first-order chi connectivity index (χ1) is 12.4. The lowest BCUT2D eigenvalue weighted by molar-refractivity contribution is 0.341. The van der Waals surface area contributed by atoms with E-state index < -0.39 is 0 Å². The summed E-state index contributed by atoms with van der Waals surface area (Å²) in [5, 5.41) is 0. The zero-order valence-electron chi connectivity index (χ0n) is 17.0. The van der Waals surface area contributed by atoms with Gasteiger partial charge in [-0.15, -0.1) is 0 Å². The second-order valence-electron chi connectivity index (χ2n) is 9.41. The first-order valence-corrected chi connectivity index (χ1v) is 12.2. The Morgan fingerprint density at radius 2 is 0.720 bits per heavy atom. The van der Waals surface area contributed by atoms with Crippen LogP contribution in [0.3, 0.4) is 0 Å². The number of hydrogen-bond donors (Lipinski definition) is 0. The van der Waals surface area contributed by atoms with Gasteiger partial charge in [0, 0.05) is 0 Å². The van der Waals surface area contributed by atoms with Crippen molar-refractivity contribution in [3.63, 3.8) is 0 Å². The Labute approximate surface area is 158 Å². The van der Waals surface area contributed by atoms with Crippen LogP contribution in [0.25, 0.3) is 0 Å². The molecule has 0 heteroatoms. The van der Waals surface area contributed by atoms with Crippen molar-refractivity contribution in [1.82, 2.24) is 0 Å². The molecule has 0 aromatic heterocycles. The molecule has 0 aromatic rings. The van der Waals surface area contributed by atoms with Crippen LogP contribution in [0.2, 0.25) is 0 Å². The monoisotopic (exact) mass is 344 g/mol. The van der Waals surface area contributed by atoms with E-state index in [0.29, 0.717) is 0 Å². The van der Waals surface area contributed by atoms with Crippen LogP contribution in [-0.4, -0.2) is 0 Å². The summed E-state index contributed by atoms with van der Waals surface area (Å²) in [5.41, 5.74) is 4.04. The quantitative estimate of drug-likeness (QED) is 0.439. The topological polar surface area (TPSA) is 0 Å². The van der Waals surface area contributed by atoms with Crippen LogP contribution in [0.4, 0.5) is 0 Å². The smallest absolute Gasteiger partial charge is 0.0198 e. The Hall–Kier alpha value is -0.260. The summed E-state index contributed by atoms with van der Waals surface area (Å²) < 4.78 is 0. The van der Waals surface area contributed by atoms with Crippen LogP contribution < -0.4 is 0 Å². The average Bonchev–Trinajstić information content (AvgIpc) is 2.51. The Bertz CT molecular complexity index is 341. The fourth-order valence-corrected chi connectivity index (χ4v) is 6.07. The Morgan fingerprint density at radius 1 is 0.400 bits per heavy atom. The van der Waals surface area contributed by atoms with Crippen molar-refractivity contribution in [2.45, 2.75) is 135 Å². The van der Waals surface area contributed by atoms with Crippen LogP contribution in [0, 0.1) is 11.8 Å². The van der Waals surface area contributed by atoms with Crippen molar-refractivity contribution in [2.75, 3.05) is 0 Å². The molecule has 0 saturated heterocycles. The van der Waals surface area contributed by atoms with E-state index in [1.54, 1.807) is 0 Å². The second kappa shape index (κ2) is 11.5. The van der Waals surface area contributed by atoms with Gasteiger partial charge in [0.2, 0.25) is 0 Å². The minimum absolute atomic E-state index is 0.971. The minimum Gasteiger partial charge on any atom is -0.0704 e. The van der Waals surface area contributed by atoms with E-state index in [9.17, 15) is 0 Å². The average molecular weight is 345 g/mol. The molecule has 0 radical (unpaired) electrons. The van der Waals surface area contributed by atoms with Crippen molar-refractivity contribution in [2.24, 2.45) is 11.8 Å². The number of allylic oxidation sites excluding steroid dienone is 2. The van der Waals surface area contributed by atoms with Gasteiger partial charge < -0.3 is 0 Å². The van der Waals surface area contributed by atoms with E-state index in [4.69, 9.17) is 0 Å². The molecule has 3 aliphatic carbocycles. The number of hydrogen-bond acceptors (Lipinski definition) is 0. The van der Waals surface area contributed by atoms with Gasteiger partial charge >= 0.3 is 0 Å². The highest BCUT2D eigenvalue weighted by atomic mass is 14.3. The van der Waals surface area contributed by atoms with Crippen LogP contribution >= 0.6 is 0 Å². The molecule has 0 bridgehead atoms. The van der Waals surface area contributed by atoms with E-state index in [1.165, 1.54) is 135 Å². The summed E-state index contributed by atoms with van der Waals surface area (Å²) in [7, 11) is 0. The van der Waals surface area contributed by atoms with E-state index in [2.05, 4.69) is 5.57 Å². The molecular formula is C25H44. The molecule has 3 rings (SSSR count). The minimum atomic E-state index is 0.971. The molecule has 0 nitrogen and oxygen atoms in total. The van der Waals surface area contributed by atoms with E-state index >= 15 is 0 Å². The highest BCUT2D eigenvalue weighted by molar-refractivity contribution is 5.21. The molecular weight excluding hydrogens is 300 g/mol. The summed E-state index contributed by atoms with van der Waals surface area (Å²) in [6.07, 6.45) is 31.5. The van der Waals surface area contributed by atoms with Gasteiger partial charge in [-0.05, 0) is 63.2 Å². The first kappa shape index (κ1) is 19.5. The maximum atomic E-state index is 2.06. The predicted molar refractivity (Wildman–Crippen MR) is 111 cm³/mol. The van der Waals surface area contributed by atoms with Crippen molar-refractivity contribution < 1.29 is 0 Å². The lowest BCUT2D eigenvalue weighted by Gasteiger charge is -2.34. The lowest BCUT2D eigenvalue weighted by atomic mass is 9.72. The fraction of sp³-hybridized carbons (Fsp3) is 0.920. The molecule has 0 atom stereocenters. The van der Waals surface area contributed by atoms with Gasteiger partial charge in [0.15, 0.2) is 0 Å². The molecule has 0 unspecified atom stereocenters. The van der Waals surface area contributed by atoms with E-state index in [0.717, 1.165) is 11.8 Å². The third-order valence-corrected chi connectivity index (χ3v) is 7.46. The highest BCUT2D eigenvalue weighted by Gasteiger charge is 2.26. The molecule has 25 heavy (non-hydrogen) atoms. The third kappa shape index (κ3) is 6.44. The van der Waals surface area contributed by atoms with Gasteiger partial charge in [0.1, 0.15) is 0 Å². The Balaban J connectivity index is 1.82. The summed E-state index contributed by atoms with van der Waals surface area (Å²) in [6.45, 7) is 0. The maximum absolute atomic E-state index is 2.06.